The summed E-state index contributed by atoms with van der Waals surface area (Å²) in [5.74, 6) is -0.540. The zero-order valence-electron chi connectivity index (χ0n) is 63.4. The predicted octanol–water partition coefficient (Wildman–Crippen LogP) is 23.1. The molecular formula is C78H152O17P2. The summed E-state index contributed by atoms with van der Waals surface area (Å²) in [6.45, 7) is 9.62. The third kappa shape index (κ3) is 70.9. The van der Waals surface area contributed by atoms with E-state index in [0.29, 0.717) is 25.7 Å². The van der Waals surface area contributed by atoms with Crippen LogP contribution in [-0.4, -0.2) is 96.7 Å². The summed E-state index contributed by atoms with van der Waals surface area (Å²) in [5, 5.41) is 10.6. The third-order valence-corrected chi connectivity index (χ3v) is 20.5. The molecule has 3 N–H and O–H groups in total. The summed E-state index contributed by atoms with van der Waals surface area (Å²) in [4.78, 5) is 72.8. The van der Waals surface area contributed by atoms with Crippen LogP contribution >= 0.6 is 15.6 Å². The maximum Gasteiger partial charge on any atom is 0.472 e. The minimum absolute atomic E-state index is 0.106. The molecule has 576 valence electrons. The number of phosphoric ester groups is 2. The molecule has 0 saturated heterocycles. The summed E-state index contributed by atoms with van der Waals surface area (Å²) < 4.78 is 68.6. The largest absolute Gasteiger partial charge is 0.472 e. The number of rotatable bonds is 77. The van der Waals surface area contributed by atoms with Crippen molar-refractivity contribution in [1.82, 2.24) is 0 Å². The van der Waals surface area contributed by atoms with E-state index in [4.69, 9.17) is 37.0 Å². The highest BCUT2D eigenvalue weighted by Gasteiger charge is 2.30. The van der Waals surface area contributed by atoms with E-state index < -0.39 is 97.5 Å². The standard InChI is InChI=1S/C78H152O17P2/c1-7-10-12-14-16-18-19-20-21-22-23-24-25-26-27-30-38-44-50-56-62-77(82)94-74(67-89-76(81)61-55-49-43-37-31-28-29-35-40-46-52-58-70(4)5)69-93-97(86,87)91-65-72(79)64-90-96(84,85)92-68-73(66-88-75(80)60-54-48-42-34-17-15-13-11-8-2)95-78(83)63-57-51-45-39-33-32-36-41-47-53-59-71(6)9-3/h70-74,79H,7-69H2,1-6H3,(H,84,85)(H,86,87)/t71?,72-,73+,74+/m0/s1. The summed E-state index contributed by atoms with van der Waals surface area (Å²) in [6.07, 6.45) is 58.2. The Hall–Kier alpha value is -1.94. The molecule has 0 bridgehead atoms. The lowest BCUT2D eigenvalue weighted by Gasteiger charge is -2.21. The third-order valence-electron chi connectivity index (χ3n) is 18.6. The van der Waals surface area contributed by atoms with Crippen molar-refractivity contribution in [3.05, 3.63) is 0 Å². The fraction of sp³-hybridized carbons (Fsp3) is 0.949. The molecule has 0 aromatic rings. The Kier molecular flexibility index (Phi) is 68.4. The normalized spacial score (nSPS) is 14.2. The Morgan fingerprint density at radius 1 is 0.299 bits per heavy atom. The number of hydrogen-bond donors (Lipinski definition) is 3. The molecule has 0 heterocycles. The van der Waals surface area contributed by atoms with E-state index in [0.717, 1.165) is 102 Å². The first-order valence-electron chi connectivity index (χ1n) is 40.5. The van der Waals surface area contributed by atoms with Crippen molar-refractivity contribution in [1.29, 1.82) is 0 Å². The number of esters is 4. The van der Waals surface area contributed by atoms with Gasteiger partial charge in [-0.25, -0.2) is 9.13 Å². The Morgan fingerprint density at radius 2 is 0.526 bits per heavy atom. The lowest BCUT2D eigenvalue weighted by atomic mass is 9.99. The first kappa shape index (κ1) is 95.1. The van der Waals surface area contributed by atoms with E-state index in [1.807, 2.05) is 0 Å². The lowest BCUT2D eigenvalue weighted by Crippen LogP contribution is -2.30. The van der Waals surface area contributed by atoms with Crippen molar-refractivity contribution in [2.24, 2.45) is 11.8 Å². The maximum atomic E-state index is 13.1. The number of hydrogen-bond acceptors (Lipinski definition) is 15. The van der Waals surface area contributed by atoms with Crippen molar-refractivity contribution in [2.75, 3.05) is 39.6 Å². The van der Waals surface area contributed by atoms with E-state index in [9.17, 15) is 43.2 Å². The van der Waals surface area contributed by atoms with Gasteiger partial charge in [-0.15, -0.1) is 0 Å². The molecule has 0 radical (unpaired) electrons. The van der Waals surface area contributed by atoms with Gasteiger partial charge in [-0.05, 0) is 37.5 Å². The molecule has 0 saturated carbocycles. The van der Waals surface area contributed by atoms with Gasteiger partial charge in [0.15, 0.2) is 12.2 Å². The van der Waals surface area contributed by atoms with Gasteiger partial charge in [0.05, 0.1) is 26.4 Å². The van der Waals surface area contributed by atoms with Crippen molar-refractivity contribution >= 4 is 39.5 Å². The topological polar surface area (TPSA) is 237 Å². The number of unbranched alkanes of at least 4 members (excludes halogenated alkanes) is 46. The van der Waals surface area contributed by atoms with Crippen LogP contribution in [0.1, 0.15) is 408 Å². The highest BCUT2D eigenvalue weighted by atomic mass is 31.2. The molecule has 0 aliphatic heterocycles. The summed E-state index contributed by atoms with van der Waals surface area (Å²) >= 11 is 0. The second-order valence-corrected chi connectivity index (χ2v) is 31.7. The zero-order valence-corrected chi connectivity index (χ0v) is 65.2. The van der Waals surface area contributed by atoms with E-state index in [-0.39, 0.29) is 25.7 Å². The molecule has 0 rings (SSSR count). The minimum atomic E-state index is -4.96. The number of carbonyl (C=O) groups is 4. The van der Waals surface area contributed by atoms with Gasteiger partial charge in [-0.1, -0.05) is 356 Å². The number of phosphoric acid groups is 2. The molecule has 0 aromatic carbocycles. The van der Waals surface area contributed by atoms with E-state index in [1.54, 1.807) is 0 Å². The fourth-order valence-corrected chi connectivity index (χ4v) is 13.6. The van der Waals surface area contributed by atoms with Gasteiger partial charge in [-0.3, -0.25) is 37.3 Å². The van der Waals surface area contributed by atoms with Crippen LogP contribution in [0.15, 0.2) is 0 Å². The molecule has 3 unspecified atom stereocenters. The molecule has 0 spiro atoms. The van der Waals surface area contributed by atoms with Crippen LogP contribution in [0.25, 0.3) is 0 Å². The quantitative estimate of drug-likeness (QED) is 0.0222. The molecule has 0 fully saturated rings. The first-order chi connectivity index (χ1) is 46.9. The van der Waals surface area contributed by atoms with Crippen molar-refractivity contribution in [2.45, 2.75) is 426 Å². The van der Waals surface area contributed by atoms with Crippen LogP contribution in [-0.2, 0) is 65.4 Å². The van der Waals surface area contributed by atoms with Crippen molar-refractivity contribution < 1.29 is 80.2 Å². The molecule has 0 aliphatic rings. The minimum Gasteiger partial charge on any atom is -0.462 e. The van der Waals surface area contributed by atoms with E-state index >= 15 is 0 Å². The van der Waals surface area contributed by atoms with Crippen LogP contribution in [0.5, 0.6) is 0 Å². The highest BCUT2D eigenvalue weighted by molar-refractivity contribution is 7.47. The van der Waals surface area contributed by atoms with Gasteiger partial charge < -0.3 is 33.8 Å². The average molecular weight is 1420 g/mol. The second-order valence-electron chi connectivity index (χ2n) is 28.8. The monoisotopic (exact) mass is 1420 g/mol. The van der Waals surface area contributed by atoms with Gasteiger partial charge in [0, 0.05) is 25.7 Å². The molecule has 17 nitrogen and oxygen atoms in total. The van der Waals surface area contributed by atoms with Crippen LogP contribution in [0.3, 0.4) is 0 Å². The molecule has 97 heavy (non-hydrogen) atoms. The van der Waals surface area contributed by atoms with E-state index in [2.05, 4.69) is 41.5 Å². The van der Waals surface area contributed by atoms with Gasteiger partial charge in [0.1, 0.15) is 19.3 Å². The van der Waals surface area contributed by atoms with Crippen LogP contribution in [0.2, 0.25) is 0 Å². The Balaban J connectivity index is 5.22. The maximum absolute atomic E-state index is 13.1. The molecule has 0 amide bonds. The van der Waals surface area contributed by atoms with Crippen LogP contribution < -0.4 is 0 Å². The van der Waals surface area contributed by atoms with Gasteiger partial charge >= 0.3 is 39.5 Å². The predicted molar refractivity (Wildman–Crippen MR) is 395 cm³/mol. The lowest BCUT2D eigenvalue weighted by molar-refractivity contribution is -0.161. The van der Waals surface area contributed by atoms with Crippen molar-refractivity contribution in [3.8, 4) is 0 Å². The summed E-state index contributed by atoms with van der Waals surface area (Å²) in [5.41, 5.74) is 0. The van der Waals surface area contributed by atoms with Crippen LogP contribution in [0, 0.1) is 11.8 Å². The first-order valence-corrected chi connectivity index (χ1v) is 43.5. The highest BCUT2D eigenvalue weighted by Crippen LogP contribution is 2.45. The molecule has 19 heteroatoms. The molecule has 0 aliphatic carbocycles. The van der Waals surface area contributed by atoms with Gasteiger partial charge in [-0.2, -0.15) is 0 Å². The summed E-state index contributed by atoms with van der Waals surface area (Å²) in [7, 11) is -9.91. The molecular weight excluding hydrogens is 1270 g/mol. The SMILES string of the molecule is CCCCCCCCCCCCCCCCCCCCCCC(=O)O[C@H](COC(=O)CCCCCCCCCCCCCC(C)C)COP(=O)(O)OC[C@@H](O)COP(=O)(O)OC[C@@H](COC(=O)CCCCCCCCCCC)OC(=O)CCCCCCCCCCCCC(C)CC. The Labute approximate surface area is 594 Å². The molecule has 6 atom stereocenters. The number of ether oxygens (including phenoxy) is 4. The average Bonchev–Trinajstić information content (AvgIpc) is 1.35. The molecule has 0 aromatic heterocycles. The Bertz CT molecular complexity index is 1870. The second kappa shape index (κ2) is 69.8. The number of carbonyl (C=O) groups excluding carboxylic acids is 4. The van der Waals surface area contributed by atoms with Gasteiger partial charge in [0.2, 0.25) is 0 Å². The number of aliphatic hydroxyl groups is 1. The van der Waals surface area contributed by atoms with Crippen LogP contribution in [0.4, 0.5) is 0 Å². The smallest absolute Gasteiger partial charge is 0.462 e. The van der Waals surface area contributed by atoms with E-state index in [1.165, 1.54) is 225 Å². The summed E-state index contributed by atoms with van der Waals surface area (Å²) in [6, 6.07) is 0. The zero-order chi connectivity index (χ0) is 71.4. The Morgan fingerprint density at radius 3 is 0.784 bits per heavy atom. The van der Waals surface area contributed by atoms with Crippen molar-refractivity contribution in [3.63, 3.8) is 0 Å². The van der Waals surface area contributed by atoms with Gasteiger partial charge in [0.25, 0.3) is 0 Å². The number of aliphatic hydroxyl groups excluding tert-OH is 1. The fourth-order valence-electron chi connectivity index (χ4n) is 12.0.